The molecule has 0 radical (unpaired) electrons. The first-order valence-electron chi connectivity index (χ1n) is 10.6. The highest BCUT2D eigenvalue weighted by Gasteiger charge is 2.19. The number of carbonyl (C=O) groups excluding carboxylic acids is 1. The molecule has 0 aromatic carbocycles. The maximum atomic E-state index is 12.1. The van der Waals surface area contributed by atoms with Gasteiger partial charge >= 0.3 is 0 Å². The number of ether oxygens (including phenoxy) is 1. The number of rotatable bonds is 7. The van der Waals surface area contributed by atoms with Gasteiger partial charge in [-0.1, -0.05) is 19.3 Å². The molecule has 1 amide bonds. The number of nitrogens with zero attached hydrogens (tertiary/aromatic N) is 2. The zero-order valence-electron chi connectivity index (χ0n) is 17.0. The van der Waals surface area contributed by atoms with E-state index in [9.17, 15) is 4.79 Å². The summed E-state index contributed by atoms with van der Waals surface area (Å²) in [6.45, 7) is 9.78. The van der Waals surface area contributed by atoms with Crippen LogP contribution in [0.5, 0.6) is 0 Å². The summed E-state index contributed by atoms with van der Waals surface area (Å²) in [5, 5.41) is 3.01. The van der Waals surface area contributed by atoms with Crippen LogP contribution in [-0.4, -0.2) is 54.8 Å². The Morgan fingerprint density at radius 1 is 1.22 bits per heavy atom. The smallest absolute Gasteiger partial charge is 0.244 e. The van der Waals surface area contributed by atoms with E-state index in [1.807, 2.05) is 6.08 Å². The van der Waals surface area contributed by atoms with Crippen LogP contribution in [0.4, 0.5) is 0 Å². The van der Waals surface area contributed by atoms with Gasteiger partial charge < -0.3 is 14.6 Å². The number of morpholine rings is 1. The monoisotopic (exact) mass is 373 g/mol. The van der Waals surface area contributed by atoms with Gasteiger partial charge in [-0.25, -0.2) is 0 Å². The maximum absolute atomic E-state index is 12.1. The average Bonchev–Trinajstić information content (AvgIpc) is 2.98. The van der Waals surface area contributed by atoms with Gasteiger partial charge in [-0.3, -0.25) is 9.69 Å². The quantitative estimate of drug-likeness (QED) is 0.588. The standard InChI is InChI=1S/C22H35N3O2/c1-18-17-20(19(2)25(18)21-7-4-3-5-8-21)9-10-22(26)23-11-6-12-24-13-15-27-16-14-24/h9-10,17,21H,3-8,11-16H2,1-2H3,(H,23,26)/b10-9+. The van der Waals surface area contributed by atoms with E-state index in [-0.39, 0.29) is 5.91 Å². The fraction of sp³-hybridized carbons (Fsp3) is 0.682. The summed E-state index contributed by atoms with van der Waals surface area (Å²) in [6.07, 6.45) is 11.2. The van der Waals surface area contributed by atoms with Crippen molar-refractivity contribution in [3.05, 3.63) is 29.1 Å². The number of hydrogen-bond acceptors (Lipinski definition) is 3. The van der Waals surface area contributed by atoms with Crippen LogP contribution in [0, 0.1) is 13.8 Å². The van der Waals surface area contributed by atoms with Gasteiger partial charge in [0.25, 0.3) is 0 Å². The normalized spacial score (nSPS) is 19.6. The van der Waals surface area contributed by atoms with Gasteiger partial charge in [-0.05, 0) is 57.4 Å². The summed E-state index contributed by atoms with van der Waals surface area (Å²) in [7, 11) is 0. The molecule has 1 aliphatic carbocycles. The second kappa shape index (κ2) is 10.1. The van der Waals surface area contributed by atoms with Crippen LogP contribution in [0.25, 0.3) is 6.08 Å². The fourth-order valence-electron chi connectivity index (χ4n) is 4.44. The molecule has 1 saturated carbocycles. The van der Waals surface area contributed by atoms with E-state index in [1.165, 1.54) is 49.1 Å². The van der Waals surface area contributed by atoms with E-state index in [0.29, 0.717) is 6.04 Å². The Labute approximate surface area is 163 Å². The molecule has 27 heavy (non-hydrogen) atoms. The van der Waals surface area contributed by atoms with Crippen molar-refractivity contribution in [3.63, 3.8) is 0 Å². The van der Waals surface area contributed by atoms with Crippen LogP contribution in [0.15, 0.2) is 12.1 Å². The lowest BCUT2D eigenvalue weighted by Gasteiger charge is -2.26. The SMILES string of the molecule is Cc1cc(/C=C/C(=O)NCCCN2CCOCC2)c(C)n1C1CCCCC1. The lowest BCUT2D eigenvalue weighted by Crippen LogP contribution is -2.38. The summed E-state index contributed by atoms with van der Waals surface area (Å²) < 4.78 is 7.84. The highest BCUT2D eigenvalue weighted by molar-refractivity contribution is 5.91. The molecule has 1 N–H and O–H groups in total. The second-order valence-electron chi connectivity index (χ2n) is 7.92. The summed E-state index contributed by atoms with van der Waals surface area (Å²) in [6, 6.07) is 2.85. The highest BCUT2D eigenvalue weighted by Crippen LogP contribution is 2.32. The van der Waals surface area contributed by atoms with Gasteiger partial charge in [0, 0.05) is 43.1 Å². The molecule has 0 unspecified atom stereocenters. The molecule has 1 saturated heterocycles. The first kappa shape index (κ1) is 20.2. The Kier molecular flexibility index (Phi) is 7.53. The summed E-state index contributed by atoms with van der Waals surface area (Å²) in [5.74, 6) is -0.000512. The molecular weight excluding hydrogens is 338 g/mol. The Balaban J connectivity index is 1.46. The Bertz CT molecular complexity index is 638. The highest BCUT2D eigenvalue weighted by atomic mass is 16.5. The first-order chi connectivity index (χ1) is 13.1. The molecule has 3 rings (SSSR count). The minimum absolute atomic E-state index is 0.000512. The summed E-state index contributed by atoms with van der Waals surface area (Å²) >= 11 is 0. The minimum atomic E-state index is -0.000512. The number of carbonyl (C=O) groups is 1. The molecule has 5 nitrogen and oxygen atoms in total. The van der Waals surface area contributed by atoms with Crippen LogP contribution < -0.4 is 5.32 Å². The van der Waals surface area contributed by atoms with Crippen molar-refractivity contribution >= 4 is 12.0 Å². The molecule has 0 atom stereocenters. The van der Waals surface area contributed by atoms with E-state index < -0.39 is 0 Å². The summed E-state index contributed by atoms with van der Waals surface area (Å²) in [4.78, 5) is 14.5. The molecule has 2 heterocycles. The largest absolute Gasteiger partial charge is 0.379 e. The molecule has 2 aliphatic rings. The van der Waals surface area contributed by atoms with Crippen molar-refractivity contribution in [1.82, 2.24) is 14.8 Å². The molecule has 5 heteroatoms. The van der Waals surface area contributed by atoms with Crippen LogP contribution in [0.3, 0.4) is 0 Å². The number of aromatic nitrogens is 1. The number of nitrogens with one attached hydrogen (secondary N) is 1. The third kappa shape index (κ3) is 5.69. The predicted octanol–water partition coefficient (Wildman–Crippen LogP) is 3.46. The molecule has 150 valence electrons. The Morgan fingerprint density at radius 2 is 1.96 bits per heavy atom. The lowest BCUT2D eigenvalue weighted by molar-refractivity contribution is -0.116. The Morgan fingerprint density at radius 3 is 2.70 bits per heavy atom. The molecule has 1 aromatic heterocycles. The topological polar surface area (TPSA) is 46.5 Å². The van der Waals surface area contributed by atoms with Gasteiger partial charge in [0.1, 0.15) is 0 Å². The predicted molar refractivity (Wildman–Crippen MR) is 110 cm³/mol. The van der Waals surface area contributed by atoms with Crippen molar-refractivity contribution in [2.45, 2.75) is 58.4 Å². The number of amides is 1. The van der Waals surface area contributed by atoms with E-state index in [4.69, 9.17) is 4.74 Å². The average molecular weight is 374 g/mol. The van der Waals surface area contributed by atoms with E-state index in [0.717, 1.165) is 45.8 Å². The zero-order valence-corrected chi connectivity index (χ0v) is 17.0. The van der Waals surface area contributed by atoms with E-state index >= 15 is 0 Å². The molecule has 1 aromatic rings. The Hall–Kier alpha value is -1.59. The van der Waals surface area contributed by atoms with Gasteiger partial charge in [0.05, 0.1) is 13.2 Å². The molecule has 2 fully saturated rings. The van der Waals surface area contributed by atoms with Crippen molar-refractivity contribution in [2.24, 2.45) is 0 Å². The summed E-state index contributed by atoms with van der Waals surface area (Å²) in [5.41, 5.74) is 3.77. The number of aryl methyl sites for hydroxylation is 1. The molecule has 1 aliphatic heterocycles. The zero-order chi connectivity index (χ0) is 19.1. The van der Waals surface area contributed by atoms with E-state index in [1.54, 1.807) is 6.08 Å². The molecule has 0 bridgehead atoms. The maximum Gasteiger partial charge on any atom is 0.244 e. The lowest BCUT2D eigenvalue weighted by atomic mass is 9.95. The third-order valence-electron chi connectivity index (χ3n) is 5.93. The van der Waals surface area contributed by atoms with Crippen LogP contribution in [0.2, 0.25) is 0 Å². The molecular formula is C22H35N3O2. The van der Waals surface area contributed by atoms with Crippen LogP contribution in [-0.2, 0) is 9.53 Å². The van der Waals surface area contributed by atoms with Gasteiger partial charge in [-0.15, -0.1) is 0 Å². The van der Waals surface area contributed by atoms with Gasteiger partial charge in [0.15, 0.2) is 0 Å². The molecule has 0 spiro atoms. The van der Waals surface area contributed by atoms with Crippen molar-refractivity contribution in [2.75, 3.05) is 39.4 Å². The third-order valence-corrected chi connectivity index (χ3v) is 5.93. The van der Waals surface area contributed by atoms with Crippen molar-refractivity contribution in [1.29, 1.82) is 0 Å². The van der Waals surface area contributed by atoms with Gasteiger partial charge in [-0.2, -0.15) is 0 Å². The first-order valence-corrected chi connectivity index (χ1v) is 10.6. The van der Waals surface area contributed by atoms with Gasteiger partial charge in [0.2, 0.25) is 5.91 Å². The van der Waals surface area contributed by atoms with Crippen molar-refractivity contribution in [3.8, 4) is 0 Å². The van der Waals surface area contributed by atoms with Crippen molar-refractivity contribution < 1.29 is 9.53 Å². The number of hydrogen-bond donors (Lipinski definition) is 1. The minimum Gasteiger partial charge on any atom is -0.379 e. The van der Waals surface area contributed by atoms with Crippen LogP contribution >= 0.6 is 0 Å². The van der Waals surface area contributed by atoms with E-state index in [2.05, 4.69) is 34.7 Å². The second-order valence-corrected chi connectivity index (χ2v) is 7.92. The van der Waals surface area contributed by atoms with Crippen LogP contribution in [0.1, 0.15) is 61.5 Å². The fourth-order valence-corrected chi connectivity index (χ4v) is 4.44.